The molecule has 1 aromatic rings. The molecule has 90 valence electrons. The first-order valence-corrected chi connectivity index (χ1v) is 6.36. The van der Waals surface area contributed by atoms with Gasteiger partial charge >= 0.3 is 0 Å². The number of Topliss-reactive ketones (excluding diaryl/α,β-unsaturated/α-hetero) is 1. The number of ketones is 1. The van der Waals surface area contributed by atoms with Crippen molar-refractivity contribution >= 4 is 17.5 Å². The molecule has 0 N–H and O–H groups in total. The first-order chi connectivity index (χ1) is 8.03. The van der Waals surface area contributed by atoms with Gasteiger partial charge in [-0.25, -0.2) is 0 Å². The third kappa shape index (κ3) is 3.10. The molecule has 1 unspecified atom stereocenters. The van der Waals surface area contributed by atoms with Gasteiger partial charge in [0.15, 0.2) is 5.78 Å². The fourth-order valence-electron chi connectivity index (χ4n) is 1.71. The number of rotatable bonds is 6. The number of carbonyl (C=O) groups is 1. The molecule has 0 amide bonds. The van der Waals surface area contributed by atoms with Gasteiger partial charge < -0.3 is 0 Å². The number of carbonyl (C=O) groups excluding carboxylic acids is 1. The maximum Gasteiger partial charge on any atom is 0.150 e. The van der Waals surface area contributed by atoms with Crippen LogP contribution < -0.4 is 0 Å². The van der Waals surface area contributed by atoms with Crippen LogP contribution in [-0.4, -0.2) is 10.5 Å². The summed E-state index contributed by atoms with van der Waals surface area (Å²) in [7, 11) is 0. The summed E-state index contributed by atoms with van der Waals surface area (Å²) < 4.78 is -0.580. The van der Waals surface area contributed by atoms with Gasteiger partial charge in [-0.3, -0.25) is 4.79 Å². The Hall–Kier alpha value is -1.28. The first-order valence-electron chi connectivity index (χ1n) is 5.55. The Labute approximate surface area is 108 Å². The van der Waals surface area contributed by atoms with Crippen molar-refractivity contribution < 1.29 is 4.79 Å². The first kappa shape index (κ1) is 13.8. The van der Waals surface area contributed by atoms with Gasteiger partial charge in [0.25, 0.3) is 0 Å². The molecule has 0 bridgehead atoms. The van der Waals surface area contributed by atoms with E-state index in [-0.39, 0.29) is 5.78 Å². The highest BCUT2D eigenvalue weighted by Gasteiger charge is 2.36. The zero-order valence-corrected chi connectivity index (χ0v) is 11.2. The average molecular weight is 246 g/mol. The molecular weight excluding hydrogens is 228 g/mol. The van der Waals surface area contributed by atoms with Crippen molar-refractivity contribution in [2.45, 2.75) is 29.9 Å². The van der Waals surface area contributed by atoms with Crippen LogP contribution in [0.2, 0.25) is 0 Å². The fraction of sp³-hybridized carbons (Fsp3) is 0.267. The lowest BCUT2D eigenvalue weighted by molar-refractivity contribution is -0.118. The maximum atomic E-state index is 12.0. The number of hydrogen-bond donors (Lipinski definition) is 0. The number of benzene rings is 1. The zero-order valence-electron chi connectivity index (χ0n) is 10.4. The average Bonchev–Trinajstić information content (AvgIpc) is 2.29. The van der Waals surface area contributed by atoms with E-state index in [1.54, 1.807) is 24.8 Å². The highest BCUT2D eigenvalue weighted by atomic mass is 32.2. The fourth-order valence-corrected chi connectivity index (χ4v) is 2.93. The topological polar surface area (TPSA) is 17.1 Å². The summed E-state index contributed by atoms with van der Waals surface area (Å²) in [6.45, 7) is 11.2. The molecule has 0 saturated carbocycles. The van der Waals surface area contributed by atoms with E-state index in [9.17, 15) is 4.79 Å². The quantitative estimate of drug-likeness (QED) is 0.551. The largest absolute Gasteiger partial charge is 0.298 e. The molecule has 0 heterocycles. The number of hydrogen-bond acceptors (Lipinski definition) is 2. The van der Waals surface area contributed by atoms with Crippen molar-refractivity contribution in [3.8, 4) is 0 Å². The molecule has 0 aliphatic heterocycles. The van der Waals surface area contributed by atoms with Gasteiger partial charge in [-0.2, -0.15) is 0 Å². The molecule has 1 rings (SSSR count). The van der Waals surface area contributed by atoms with Crippen molar-refractivity contribution in [1.82, 2.24) is 0 Å². The molecule has 17 heavy (non-hydrogen) atoms. The minimum absolute atomic E-state index is 0.124. The number of allylic oxidation sites excluding steroid dienone is 1. The van der Waals surface area contributed by atoms with E-state index < -0.39 is 4.75 Å². The monoisotopic (exact) mass is 246 g/mol. The van der Waals surface area contributed by atoms with Crippen LogP contribution in [0.4, 0.5) is 0 Å². The van der Waals surface area contributed by atoms with Crippen molar-refractivity contribution in [2.75, 3.05) is 0 Å². The lowest BCUT2D eigenvalue weighted by atomic mass is 9.93. The van der Waals surface area contributed by atoms with E-state index in [1.165, 1.54) is 0 Å². The molecule has 2 heteroatoms. The van der Waals surface area contributed by atoms with Crippen LogP contribution >= 0.6 is 11.8 Å². The summed E-state index contributed by atoms with van der Waals surface area (Å²) in [6, 6.07) is 9.93. The second kappa shape index (κ2) is 5.87. The van der Waals surface area contributed by atoms with E-state index in [0.717, 1.165) is 10.5 Å². The van der Waals surface area contributed by atoms with Gasteiger partial charge in [0.2, 0.25) is 0 Å². The second-order valence-corrected chi connectivity index (χ2v) is 5.44. The van der Waals surface area contributed by atoms with Gasteiger partial charge in [-0.15, -0.1) is 18.3 Å². The Kier molecular flexibility index (Phi) is 4.76. The predicted molar refractivity (Wildman–Crippen MR) is 75.3 cm³/mol. The summed E-state index contributed by atoms with van der Waals surface area (Å²) >= 11 is 1.56. The van der Waals surface area contributed by atoms with Crippen LogP contribution in [0.5, 0.6) is 0 Å². The molecule has 0 spiro atoms. The van der Waals surface area contributed by atoms with Crippen molar-refractivity contribution in [2.24, 2.45) is 0 Å². The van der Waals surface area contributed by atoms with Crippen LogP contribution in [0.15, 0.2) is 60.0 Å². The van der Waals surface area contributed by atoms with Crippen LogP contribution in [0.25, 0.3) is 0 Å². The molecular formula is C15H18OS. The summed E-state index contributed by atoms with van der Waals surface area (Å²) in [4.78, 5) is 13.0. The summed E-state index contributed by atoms with van der Waals surface area (Å²) in [5.41, 5.74) is 0.874. The van der Waals surface area contributed by atoms with Crippen LogP contribution in [0.1, 0.15) is 20.3 Å². The van der Waals surface area contributed by atoms with Crippen molar-refractivity contribution in [3.63, 3.8) is 0 Å². The van der Waals surface area contributed by atoms with Gasteiger partial charge in [0.1, 0.15) is 4.75 Å². The maximum absolute atomic E-state index is 12.0. The normalized spacial score (nSPS) is 13.8. The standard InChI is InChI=1S/C15H18OS/c1-5-11-15(12(2)3,13(4)16)17-14-9-7-6-8-10-14/h5-10H,1-2,11H2,3-4H3. The zero-order chi connectivity index (χ0) is 12.9. The van der Waals surface area contributed by atoms with E-state index in [2.05, 4.69) is 13.2 Å². The Morgan fingerprint density at radius 2 is 1.94 bits per heavy atom. The lowest BCUT2D eigenvalue weighted by Crippen LogP contribution is -2.33. The van der Waals surface area contributed by atoms with Gasteiger partial charge in [-0.05, 0) is 32.4 Å². The molecule has 1 nitrogen and oxygen atoms in total. The predicted octanol–water partition coefficient (Wildman–Crippen LogP) is 4.26. The van der Waals surface area contributed by atoms with Crippen molar-refractivity contribution in [1.29, 1.82) is 0 Å². The molecule has 1 atom stereocenters. The molecule has 0 radical (unpaired) electrons. The summed E-state index contributed by atoms with van der Waals surface area (Å²) in [6.07, 6.45) is 2.39. The number of thioether (sulfide) groups is 1. The minimum atomic E-state index is -0.580. The van der Waals surface area contributed by atoms with Crippen LogP contribution in [0, 0.1) is 0 Å². The SMILES string of the molecule is C=CCC(Sc1ccccc1)(C(=C)C)C(C)=O. The third-order valence-corrected chi connectivity index (χ3v) is 4.38. The van der Waals surface area contributed by atoms with E-state index in [0.29, 0.717) is 6.42 Å². The molecule has 0 aliphatic rings. The Morgan fingerprint density at radius 1 is 1.35 bits per heavy atom. The third-order valence-electron chi connectivity index (χ3n) is 2.73. The molecule has 0 aliphatic carbocycles. The van der Waals surface area contributed by atoms with Gasteiger partial charge in [0, 0.05) is 4.90 Å². The highest BCUT2D eigenvalue weighted by molar-refractivity contribution is 8.01. The highest BCUT2D eigenvalue weighted by Crippen LogP contribution is 2.41. The summed E-state index contributed by atoms with van der Waals surface area (Å²) in [5, 5.41) is 0. The van der Waals surface area contributed by atoms with Crippen LogP contribution in [0.3, 0.4) is 0 Å². The van der Waals surface area contributed by atoms with Crippen LogP contribution in [-0.2, 0) is 4.79 Å². The minimum Gasteiger partial charge on any atom is -0.298 e. The van der Waals surface area contributed by atoms with E-state index >= 15 is 0 Å². The molecule has 0 saturated heterocycles. The smallest absolute Gasteiger partial charge is 0.150 e. The van der Waals surface area contributed by atoms with E-state index in [1.807, 2.05) is 37.3 Å². The Balaban J connectivity index is 3.10. The van der Waals surface area contributed by atoms with Gasteiger partial charge in [-0.1, -0.05) is 36.4 Å². The molecule has 0 fully saturated rings. The van der Waals surface area contributed by atoms with E-state index in [4.69, 9.17) is 0 Å². The summed E-state index contributed by atoms with van der Waals surface area (Å²) in [5.74, 6) is 0.124. The molecule has 0 aromatic heterocycles. The Bertz CT molecular complexity index is 406. The van der Waals surface area contributed by atoms with Crippen molar-refractivity contribution in [3.05, 3.63) is 55.1 Å². The second-order valence-electron chi connectivity index (χ2n) is 4.07. The Morgan fingerprint density at radius 3 is 2.35 bits per heavy atom. The lowest BCUT2D eigenvalue weighted by Gasteiger charge is -2.30. The molecule has 1 aromatic carbocycles. The van der Waals surface area contributed by atoms with Gasteiger partial charge in [0.05, 0.1) is 0 Å².